The molecule has 0 fully saturated rings. The number of halogens is 1. The van der Waals surface area contributed by atoms with Crippen molar-refractivity contribution in [3.8, 4) is 11.8 Å². The summed E-state index contributed by atoms with van der Waals surface area (Å²) in [6.45, 7) is 2.16. The van der Waals surface area contributed by atoms with Gasteiger partial charge in [0, 0.05) is 10.6 Å². The molecule has 0 aliphatic carbocycles. The summed E-state index contributed by atoms with van der Waals surface area (Å²) < 4.78 is 5.75. The van der Waals surface area contributed by atoms with Crippen molar-refractivity contribution < 1.29 is 4.74 Å². The highest BCUT2D eigenvalue weighted by Crippen LogP contribution is 2.25. The van der Waals surface area contributed by atoms with E-state index in [2.05, 4.69) is 5.18 Å². The molecule has 0 N–H and O–H groups in total. The molecule has 0 spiro atoms. The minimum atomic E-state index is -1.02. The lowest BCUT2D eigenvalue weighted by molar-refractivity contribution is 0.302. The van der Waals surface area contributed by atoms with E-state index in [4.69, 9.17) is 21.6 Å². The van der Waals surface area contributed by atoms with Gasteiger partial charge in [0.05, 0.1) is 6.07 Å². The van der Waals surface area contributed by atoms with Crippen LogP contribution >= 0.6 is 11.6 Å². The van der Waals surface area contributed by atoms with E-state index in [-0.39, 0.29) is 6.61 Å². The van der Waals surface area contributed by atoms with E-state index in [1.165, 1.54) is 0 Å². The Kier molecular flexibility index (Phi) is 4.91. The molecule has 0 radical (unpaired) electrons. The van der Waals surface area contributed by atoms with Gasteiger partial charge in [0.25, 0.3) is 0 Å². The van der Waals surface area contributed by atoms with Crippen molar-refractivity contribution in [3.63, 3.8) is 0 Å². The molecule has 1 atom stereocenters. The van der Waals surface area contributed by atoms with Gasteiger partial charge >= 0.3 is 0 Å². The summed E-state index contributed by atoms with van der Waals surface area (Å²) in [4.78, 5) is 10.7. The SMILES string of the molecule is Cc1cc(Cl)ccc1OCc1ccccc1C(C#N)N=O. The molecule has 21 heavy (non-hydrogen) atoms. The van der Waals surface area contributed by atoms with Crippen molar-refractivity contribution in [2.45, 2.75) is 19.6 Å². The summed E-state index contributed by atoms with van der Waals surface area (Å²) in [5.41, 5.74) is 2.25. The number of hydrogen-bond donors (Lipinski definition) is 0. The molecule has 0 amide bonds. The molecular formula is C16H13ClN2O2. The Hall–Kier alpha value is -2.38. The molecule has 0 aromatic heterocycles. The fourth-order valence-corrected chi connectivity index (χ4v) is 2.24. The number of nitrogens with zero attached hydrogens (tertiary/aromatic N) is 2. The zero-order valence-corrected chi connectivity index (χ0v) is 12.2. The number of rotatable bonds is 5. The average molecular weight is 301 g/mol. The van der Waals surface area contributed by atoms with Gasteiger partial charge in [0.2, 0.25) is 6.04 Å². The van der Waals surface area contributed by atoms with Crippen LogP contribution in [0.2, 0.25) is 5.02 Å². The molecule has 0 saturated heterocycles. The van der Waals surface area contributed by atoms with E-state index in [0.29, 0.717) is 16.3 Å². The summed E-state index contributed by atoms with van der Waals surface area (Å²) in [6, 6.07) is 13.3. The van der Waals surface area contributed by atoms with E-state index in [9.17, 15) is 4.91 Å². The van der Waals surface area contributed by atoms with Crippen LogP contribution in [0.4, 0.5) is 0 Å². The maximum absolute atomic E-state index is 10.7. The second kappa shape index (κ2) is 6.87. The third-order valence-corrected chi connectivity index (χ3v) is 3.33. The molecule has 106 valence electrons. The number of ether oxygens (including phenoxy) is 1. The van der Waals surface area contributed by atoms with Crippen LogP contribution < -0.4 is 4.74 Å². The lowest BCUT2D eigenvalue weighted by Gasteiger charge is -2.12. The Balaban J connectivity index is 2.21. The van der Waals surface area contributed by atoms with Crippen LogP contribution in [0.25, 0.3) is 0 Å². The maximum Gasteiger partial charge on any atom is 0.203 e. The first kappa shape index (κ1) is 15.0. The minimum absolute atomic E-state index is 0.256. The van der Waals surface area contributed by atoms with E-state index in [1.807, 2.05) is 31.2 Å². The number of nitroso groups, excluding NO2 is 1. The standard InChI is InChI=1S/C16H13ClN2O2/c1-11-8-13(17)6-7-16(11)21-10-12-4-2-3-5-14(12)15(9-18)19-20/h2-8,15H,10H2,1H3. The number of benzene rings is 2. The van der Waals surface area contributed by atoms with Crippen molar-refractivity contribution in [2.75, 3.05) is 0 Å². The zero-order valence-electron chi connectivity index (χ0n) is 11.4. The van der Waals surface area contributed by atoms with E-state index in [0.717, 1.165) is 11.1 Å². The highest BCUT2D eigenvalue weighted by Gasteiger charge is 2.15. The van der Waals surface area contributed by atoms with E-state index < -0.39 is 6.04 Å². The lowest BCUT2D eigenvalue weighted by atomic mass is 10.0. The third kappa shape index (κ3) is 3.59. The third-order valence-electron chi connectivity index (χ3n) is 3.10. The summed E-state index contributed by atoms with van der Waals surface area (Å²) in [7, 11) is 0. The van der Waals surface area contributed by atoms with Crippen LogP contribution in [0.1, 0.15) is 22.7 Å². The first-order valence-corrected chi connectivity index (χ1v) is 6.72. The summed E-state index contributed by atoms with van der Waals surface area (Å²) >= 11 is 5.90. The van der Waals surface area contributed by atoms with Gasteiger partial charge in [-0.2, -0.15) is 5.26 Å². The number of nitriles is 1. The van der Waals surface area contributed by atoms with Crippen LogP contribution in [0.5, 0.6) is 5.75 Å². The van der Waals surface area contributed by atoms with Crippen molar-refractivity contribution in [1.82, 2.24) is 0 Å². The fraction of sp³-hybridized carbons (Fsp3) is 0.188. The molecule has 5 heteroatoms. The van der Waals surface area contributed by atoms with Gasteiger partial charge in [-0.05, 0) is 41.4 Å². The molecule has 4 nitrogen and oxygen atoms in total. The minimum Gasteiger partial charge on any atom is -0.489 e. The normalized spacial score (nSPS) is 11.5. The average Bonchev–Trinajstić information content (AvgIpc) is 2.49. The van der Waals surface area contributed by atoms with E-state index >= 15 is 0 Å². The molecule has 2 aromatic carbocycles. The summed E-state index contributed by atoms with van der Waals surface area (Å²) in [5, 5.41) is 12.5. The van der Waals surface area contributed by atoms with Gasteiger partial charge in [-0.15, -0.1) is 4.91 Å². The Labute approximate surface area is 127 Å². The molecule has 2 rings (SSSR count). The lowest BCUT2D eigenvalue weighted by Crippen LogP contribution is -2.03. The second-order valence-electron chi connectivity index (χ2n) is 4.53. The molecule has 0 aliphatic rings. The van der Waals surface area contributed by atoms with E-state index in [1.54, 1.807) is 24.3 Å². The molecule has 0 heterocycles. The highest BCUT2D eigenvalue weighted by atomic mass is 35.5. The molecule has 0 saturated carbocycles. The van der Waals surface area contributed by atoms with Crippen LogP contribution in [-0.2, 0) is 6.61 Å². The van der Waals surface area contributed by atoms with Gasteiger partial charge in [0.15, 0.2) is 0 Å². The summed E-state index contributed by atoms with van der Waals surface area (Å²) in [6.07, 6.45) is 0. The predicted molar refractivity (Wildman–Crippen MR) is 81.1 cm³/mol. The van der Waals surface area contributed by atoms with Crippen LogP contribution in [0.15, 0.2) is 47.6 Å². The Morgan fingerprint density at radius 1 is 1.33 bits per heavy atom. The van der Waals surface area contributed by atoms with Gasteiger partial charge in [-0.3, -0.25) is 0 Å². The van der Waals surface area contributed by atoms with Crippen LogP contribution in [-0.4, -0.2) is 0 Å². The number of hydrogen-bond acceptors (Lipinski definition) is 4. The van der Waals surface area contributed by atoms with Gasteiger partial charge < -0.3 is 4.74 Å². The van der Waals surface area contributed by atoms with Crippen molar-refractivity contribution >= 4 is 11.6 Å². The molecule has 0 aliphatic heterocycles. The van der Waals surface area contributed by atoms with Crippen LogP contribution in [0, 0.1) is 23.2 Å². The first-order chi connectivity index (χ1) is 10.2. The number of aryl methyl sites for hydroxylation is 1. The first-order valence-electron chi connectivity index (χ1n) is 6.34. The smallest absolute Gasteiger partial charge is 0.203 e. The maximum atomic E-state index is 10.7. The summed E-state index contributed by atoms with van der Waals surface area (Å²) in [5.74, 6) is 0.710. The van der Waals surface area contributed by atoms with Crippen molar-refractivity contribution in [2.24, 2.45) is 5.18 Å². The molecular weight excluding hydrogens is 288 g/mol. The topological polar surface area (TPSA) is 62.4 Å². The molecule has 1 unspecified atom stereocenters. The fourth-order valence-electron chi connectivity index (χ4n) is 2.01. The highest BCUT2D eigenvalue weighted by molar-refractivity contribution is 6.30. The van der Waals surface area contributed by atoms with Crippen molar-refractivity contribution in [3.05, 3.63) is 69.1 Å². The second-order valence-corrected chi connectivity index (χ2v) is 4.97. The largest absolute Gasteiger partial charge is 0.489 e. The van der Waals surface area contributed by atoms with Gasteiger partial charge in [-0.1, -0.05) is 35.9 Å². The van der Waals surface area contributed by atoms with Gasteiger partial charge in [0.1, 0.15) is 12.4 Å². The Bertz CT molecular complexity index is 695. The van der Waals surface area contributed by atoms with Crippen LogP contribution in [0.3, 0.4) is 0 Å². The zero-order chi connectivity index (χ0) is 15.2. The Morgan fingerprint density at radius 2 is 2.10 bits per heavy atom. The molecule has 0 bridgehead atoms. The van der Waals surface area contributed by atoms with Crippen molar-refractivity contribution in [1.29, 1.82) is 5.26 Å². The monoisotopic (exact) mass is 300 g/mol. The quantitative estimate of drug-likeness (QED) is 0.760. The van der Waals surface area contributed by atoms with Gasteiger partial charge in [-0.25, -0.2) is 0 Å². The molecule has 2 aromatic rings. The predicted octanol–water partition coefficient (Wildman–Crippen LogP) is 4.56. The Morgan fingerprint density at radius 3 is 2.76 bits per heavy atom.